The van der Waals surface area contributed by atoms with Crippen molar-refractivity contribution in [1.82, 2.24) is 4.90 Å². The van der Waals surface area contributed by atoms with Gasteiger partial charge in [-0.05, 0) is 74.4 Å². The molecule has 1 unspecified atom stereocenters. The number of furan rings is 1. The number of amides is 1. The number of halogens is 1. The molecule has 0 aliphatic rings. The molecule has 0 aliphatic carbocycles. The van der Waals surface area contributed by atoms with E-state index in [9.17, 15) is 9.59 Å². The number of esters is 1. The minimum atomic E-state index is -0.503. The molecular formula is C39H34BrNO5. The van der Waals surface area contributed by atoms with Crippen LogP contribution in [-0.2, 0) is 28.9 Å². The molecule has 6 rings (SSSR count). The highest BCUT2D eigenvalue weighted by atomic mass is 79.9. The maximum absolute atomic E-state index is 13.8. The molecule has 1 aromatic heterocycles. The van der Waals surface area contributed by atoms with Crippen molar-refractivity contribution in [2.75, 3.05) is 14.2 Å². The molecule has 0 spiro atoms. The summed E-state index contributed by atoms with van der Waals surface area (Å²) in [6, 6.07) is 37.7. The van der Waals surface area contributed by atoms with Gasteiger partial charge in [-0.25, -0.2) is 0 Å². The van der Waals surface area contributed by atoms with Crippen molar-refractivity contribution >= 4 is 49.5 Å². The van der Waals surface area contributed by atoms with Crippen LogP contribution in [0.2, 0.25) is 0 Å². The first-order valence-corrected chi connectivity index (χ1v) is 16.0. The summed E-state index contributed by atoms with van der Waals surface area (Å²) in [5.41, 5.74) is 4.74. The molecule has 0 radical (unpaired) electrons. The van der Waals surface area contributed by atoms with Gasteiger partial charge in [0, 0.05) is 24.5 Å². The lowest BCUT2D eigenvalue weighted by atomic mass is 10.0. The van der Waals surface area contributed by atoms with E-state index in [0.717, 1.165) is 49.3 Å². The van der Waals surface area contributed by atoms with E-state index in [1.54, 1.807) is 11.9 Å². The average Bonchev–Trinajstić information content (AvgIpc) is 3.47. The van der Waals surface area contributed by atoms with Gasteiger partial charge in [-0.3, -0.25) is 9.59 Å². The SMILES string of the molecule is COC(=O)CC(Oc1ccc2cc(CN(C)C(=O)c3oc4ccccc4c3CCc3ccccc3)ccc2c1Br)c1ccccc1. The lowest BCUT2D eigenvalue weighted by molar-refractivity contribution is -0.142. The van der Waals surface area contributed by atoms with E-state index in [0.29, 0.717) is 24.5 Å². The highest BCUT2D eigenvalue weighted by molar-refractivity contribution is 9.10. The molecule has 6 nitrogen and oxygen atoms in total. The molecule has 1 heterocycles. The fraction of sp³-hybridized carbons (Fsp3) is 0.179. The predicted molar refractivity (Wildman–Crippen MR) is 184 cm³/mol. The van der Waals surface area contributed by atoms with E-state index in [4.69, 9.17) is 13.9 Å². The lowest BCUT2D eigenvalue weighted by Gasteiger charge is -2.21. The van der Waals surface area contributed by atoms with Crippen LogP contribution in [0.3, 0.4) is 0 Å². The topological polar surface area (TPSA) is 69.0 Å². The summed E-state index contributed by atoms with van der Waals surface area (Å²) in [7, 11) is 3.18. The molecule has 232 valence electrons. The van der Waals surface area contributed by atoms with Crippen molar-refractivity contribution in [1.29, 1.82) is 0 Å². The molecule has 0 saturated carbocycles. The first-order chi connectivity index (χ1) is 22.4. The average molecular weight is 677 g/mol. The van der Waals surface area contributed by atoms with Crippen LogP contribution in [0.25, 0.3) is 21.7 Å². The molecule has 0 fully saturated rings. The predicted octanol–water partition coefficient (Wildman–Crippen LogP) is 9.09. The monoisotopic (exact) mass is 675 g/mol. The number of benzene rings is 5. The van der Waals surface area contributed by atoms with E-state index in [1.807, 2.05) is 97.1 Å². The second-order valence-corrected chi connectivity index (χ2v) is 12.1. The summed E-state index contributed by atoms with van der Waals surface area (Å²) in [6.07, 6.45) is 1.10. The molecule has 0 saturated heterocycles. The number of hydrogen-bond acceptors (Lipinski definition) is 5. The highest BCUT2D eigenvalue weighted by Gasteiger charge is 2.24. The first kappa shape index (κ1) is 31.1. The Hall–Kier alpha value is -4.88. The van der Waals surface area contributed by atoms with Crippen molar-refractivity contribution in [3.8, 4) is 5.75 Å². The van der Waals surface area contributed by atoms with Crippen molar-refractivity contribution in [2.24, 2.45) is 0 Å². The smallest absolute Gasteiger partial charge is 0.309 e. The van der Waals surface area contributed by atoms with Gasteiger partial charge in [-0.15, -0.1) is 0 Å². The molecule has 0 bridgehead atoms. The third kappa shape index (κ3) is 6.85. The summed E-state index contributed by atoms with van der Waals surface area (Å²) in [5, 5.41) is 2.93. The Kier molecular flexibility index (Phi) is 9.50. The van der Waals surface area contributed by atoms with Gasteiger partial charge in [0.1, 0.15) is 17.4 Å². The zero-order chi connectivity index (χ0) is 32.0. The standard InChI is InChI=1S/C39H34BrNO5/c1-41(39(43)38-32(21-17-26-11-5-3-6-12-26)31-15-9-10-16-33(31)46-38)25-27-18-20-30-29(23-27)19-22-34(37(30)40)45-35(24-36(42)44-2)28-13-7-4-8-14-28/h3-16,18-20,22-23,35H,17,21,24-25H2,1-2H3. The minimum Gasteiger partial charge on any atom is -0.484 e. The highest BCUT2D eigenvalue weighted by Crippen LogP contribution is 2.37. The molecule has 1 amide bonds. The number of aryl methyl sites for hydroxylation is 2. The number of carbonyl (C=O) groups excluding carboxylic acids is 2. The molecule has 0 N–H and O–H groups in total. The molecule has 1 atom stereocenters. The van der Waals surface area contributed by atoms with E-state index in [2.05, 4.69) is 34.1 Å². The van der Waals surface area contributed by atoms with Gasteiger partial charge in [-0.1, -0.05) is 97.1 Å². The Balaban J connectivity index is 1.21. The van der Waals surface area contributed by atoms with E-state index < -0.39 is 6.10 Å². The van der Waals surface area contributed by atoms with Crippen LogP contribution < -0.4 is 4.74 Å². The number of para-hydroxylation sites is 1. The molecule has 46 heavy (non-hydrogen) atoms. The fourth-order valence-corrected chi connectivity index (χ4v) is 6.33. The zero-order valence-corrected chi connectivity index (χ0v) is 27.3. The van der Waals surface area contributed by atoms with Crippen molar-refractivity contribution in [3.63, 3.8) is 0 Å². The van der Waals surface area contributed by atoms with Crippen LogP contribution in [0, 0.1) is 0 Å². The van der Waals surface area contributed by atoms with Crippen molar-refractivity contribution in [3.05, 3.63) is 148 Å². The first-order valence-electron chi connectivity index (χ1n) is 15.2. The van der Waals surface area contributed by atoms with Crippen LogP contribution in [-0.4, -0.2) is 30.9 Å². The van der Waals surface area contributed by atoms with Crippen LogP contribution in [0.4, 0.5) is 0 Å². The third-order valence-corrected chi connectivity index (χ3v) is 8.99. The number of hydrogen-bond donors (Lipinski definition) is 0. The minimum absolute atomic E-state index is 0.0868. The van der Waals surface area contributed by atoms with E-state index >= 15 is 0 Å². The quantitative estimate of drug-likeness (QED) is 0.128. The second-order valence-electron chi connectivity index (χ2n) is 11.3. The number of fused-ring (bicyclic) bond motifs is 2. The molecule has 5 aromatic carbocycles. The molecular weight excluding hydrogens is 642 g/mol. The van der Waals surface area contributed by atoms with Gasteiger partial charge in [0.2, 0.25) is 0 Å². The largest absolute Gasteiger partial charge is 0.484 e. The van der Waals surface area contributed by atoms with Crippen LogP contribution in [0.5, 0.6) is 5.75 Å². The Bertz CT molecular complexity index is 1990. The Morgan fingerprint density at radius 2 is 1.52 bits per heavy atom. The maximum Gasteiger partial charge on any atom is 0.309 e. The van der Waals surface area contributed by atoms with Gasteiger partial charge in [0.05, 0.1) is 18.0 Å². The summed E-state index contributed by atoms with van der Waals surface area (Å²) in [5.74, 6) is 0.519. The Labute approximate surface area is 276 Å². The van der Waals surface area contributed by atoms with Crippen LogP contribution in [0.1, 0.15) is 45.3 Å². The number of carbonyl (C=O) groups is 2. The summed E-state index contributed by atoms with van der Waals surface area (Å²) < 4.78 is 18.2. The van der Waals surface area contributed by atoms with E-state index in [1.165, 1.54) is 12.7 Å². The second kappa shape index (κ2) is 14.0. The van der Waals surface area contributed by atoms with Gasteiger partial charge in [0.15, 0.2) is 5.76 Å². The van der Waals surface area contributed by atoms with E-state index in [-0.39, 0.29) is 18.3 Å². The van der Waals surface area contributed by atoms with Gasteiger partial charge in [0.25, 0.3) is 5.91 Å². The normalized spacial score (nSPS) is 11.8. The fourth-order valence-electron chi connectivity index (χ4n) is 5.75. The Morgan fingerprint density at radius 1 is 0.804 bits per heavy atom. The molecule has 6 aromatic rings. The van der Waals surface area contributed by atoms with Gasteiger partial charge in [-0.2, -0.15) is 0 Å². The lowest BCUT2D eigenvalue weighted by Crippen LogP contribution is -2.26. The number of ether oxygens (including phenoxy) is 2. The van der Waals surface area contributed by atoms with Gasteiger partial charge >= 0.3 is 5.97 Å². The van der Waals surface area contributed by atoms with Crippen LogP contribution in [0.15, 0.2) is 124 Å². The number of methoxy groups -OCH3 is 1. The third-order valence-electron chi connectivity index (χ3n) is 8.17. The van der Waals surface area contributed by atoms with Gasteiger partial charge < -0.3 is 18.8 Å². The summed E-state index contributed by atoms with van der Waals surface area (Å²) in [4.78, 5) is 27.7. The van der Waals surface area contributed by atoms with Crippen LogP contribution >= 0.6 is 15.9 Å². The Morgan fingerprint density at radius 3 is 2.28 bits per heavy atom. The number of nitrogens with zero attached hydrogens (tertiary/aromatic N) is 1. The number of rotatable bonds is 11. The summed E-state index contributed by atoms with van der Waals surface area (Å²) >= 11 is 3.73. The molecule has 7 heteroatoms. The van der Waals surface area contributed by atoms with Crippen molar-refractivity contribution in [2.45, 2.75) is 31.9 Å². The van der Waals surface area contributed by atoms with Crippen molar-refractivity contribution < 1.29 is 23.5 Å². The molecule has 0 aliphatic heterocycles. The zero-order valence-electron chi connectivity index (χ0n) is 25.7. The summed E-state index contributed by atoms with van der Waals surface area (Å²) in [6.45, 7) is 0.412. The maximum atomic E-state index is 13.8.